The van der Waals surface area contributed by atoms with Gasteiger partial charge in [0.15, 0.2) is 5.82 Å². The van der Waals surface area contributed by atoms with Gasteiger partial charge < -0.3 is 19.7 Å². The van der Waals surface area contributed by atoms with Gasteiger partial charge in [-0.05, 0) is 31.8 Å². The number of rotatable bonds is 12. The summed E-state index contributed by atoms with van der Waals surface area (Å²) >= 11 is 1.74. The van der Waals surface area contributed by atoms with Gasteiger partial charge in [-0.1, -0.05) is 30.3 Å². The molecule has 0 atom stereocenters. The van der Waals surface area contributed by atoms with E-state index in [2.05, 4.69) is 20.7 Å². The Morgan fingerprint density at radius 1 is 1.17 bits per heavy atom. The number of benzene rings is 1. The largest absolute Gasteiger partial charge is 0.464 e. The molecule has 30 heavy (non-hydrogen) atoms. The van der Waals surface area contributed by atoms with Crippen LogP contribution in [-0.4, -0.2) is 41.2 Å². The third-order valence-electron chi connectivity index (χ3n) is 4.37. The number of nitrogens with zero attached hydrogens (tertiary/aromatic N) is 2. The molecule has 0 saturated heterocycles. The fourth-order valence-electron chi connectivity index (χ4n) is 3.05. The molecule has 2 aromatic heterocycles. The molecule has 0 fully saturated rings. The maximum absolute atomic E-state index is 11.6. The zero-order valence-electron chi connectivity index (χ0n) is 17.2. The molecule has 0 spiro atoms. The lowest BCUT2D eigenvalue weighted by Crippen LogP contribution is -2.24. The highest BCUT2D eigenvalue weighted by atomic mass is 32.2. The van der Waals surface area contributed by atoms with Crippen molar-refractivity contribution in [1.82, 2.24) is 15.3 Å². The van der Waals surface area contributed by atoms with Crippen LogP contribution in [0.15, 0.2) is 53.1 Å². The van der Waals surface area contributed by atoms with Crippen LogP contribution in [0.1, 0.15) is 22.6 Å². The normalized spacial score (nSPS) is 11.2. The van der Waals surface area contributed by atoms with E-state index < -0.39 is 0 Å². The van der Waals surface area contributed by atoms with Crippen molar-refractivity contribution in [2.24, 2.45) is 0 Å². The number of anilines is 1. The van der Waals surface area contributed by atoms with Crippen molar-refractivity contribution >= 4 is 23.3 Å². The van der Waals surface area contributed by atoms with E-state index in [4.69, 9.17) is 4.42 Å². The Balaban J connectivity index is 1.43. The average molecular weight is 430 g/mol. The van der Waals surface area contributed by atoms with Crippen molar-refractivity contribution in [3.05, 3.63) is 81.4 Å². The highest BCUT2D eigenvalue weighted by Gasteiger charge is 2.22. The Hall–Kier alpha value is -2.75. The van der Waals surface area contributed by atoms with Crippen LogP contribution < -0.4 is 10.9 Å². The standard InChI is InChI=1S/C21H27N5O3S/c1-25(2)14-18-8-9-19(29-18)15-30-11-10-23-24-21-20(26(27)28)17(13-22-21)12-16-6-4-3-5-7-16/h3-9,13,22-24H,10-12,14-15H2,1-2H3. The van der Waals surface area contributed by atoms with E-state index >= 15 is 0 Å². The Bertz CT molecular complexity index is 939. The molecule has 0 bridgehead atoms. The molecular weight excluding hydrogens is 402 g/mol. The Morgan fingerprint density at radius 2 is 1.93 bits per heavy atom. The van der Waals surface area contributed by atoms with Crippen molar-refractivity contribution < 1.29 is 9.34 Å². The summed E-state index contributed by atoms with van der Waals surface area (Å²) in [4.78, 5) is 16.2. The molecule has 9 heteroatoms. The van der Waals surface area contributed by atoms with E-state index in [0.717, 1.165) is 35.1 Å². The highest BCUT2D eigenvalue weighted by Crippen LogP contribution is 2.29. The number of hydrogen-bond donors (Lipinski definition) is 3. The molecule has 0 aliphatic heterocycles. The summed E-state index contributed by atoms with van der Waals surface area (Å²) in [5.74, 6) is 3.91. The average Bonchev–Trinajstić information content (AvgIpc) is 3.31. The maximum atomic E-state index is 11.6. The van der Waals surface area contributed by atoms with Gasteiger partial charge in [-0.3, -0.25) is 10.1 Å². The molecule has 0 saturated carbocycles. The van der Waals surface area contributed by atoms with Crippen LogP contribution in [0.3, 0.4) is 0 Å². The van der Waals surface area contributed by atoms with Crippen molar-refractivity contribution in [2.45, 2.75) is 18.7 Å². The second-order valence-electron chi connectivity index (χ2n) is 7.17. The molecular formula is C21H27N5O3S. The number of nitrogens with one attached hydrogen (secondary N) is 3. The first kappa shape index (κ1) is 21.9. The topological polar surface area (TPSA) is 99.4 Å². The lowest BCUT2D eigenvalue weighted by Gasteiger charge is -2.07. The molecule has 160 valence electrons. The summed E-state index contributed by atoms with van der Waals surface area (Å²) in [6, 6.07) is 13.7. The van der Waals surface area contributed by atoms with E-state index in [1.54, 1.807) is 18.0 Å². The number of hydrogen-bond acceptors (Lipinski definition) is 7. The zero-order chi connectivity index (χ0) is 21.3. The van der Waals surface area contributed by atoms with E-state index in [9.17, 15) is 10.1 Å². The summed E-state index contributed by atoms with van der Waals surface area (Å²) in [5.41, 5.74) is 7.73. The first-order valence-corrected chi connectivity index (χ1v) is 10.9. The SMILES string of the molecule is CN(C)Cc1ccc(CSCCNNc2[nH]cc(Cc3ccccc3)c2[N+](=O)[O-])o1. The maximum Gasteiger partial charge on any atom is 0.315 e. The minimum Gasteiger partial charge on any atom is -0.464 e. The fraction of sp³-hybridized carbons (Fsp3) is 0.333. The van der Waals surface area contributed by atoms with Gasteiger partial charge in [0, 0.05) is 24.9 Å². The Morgan fingerprint density at radius 3 is 2.67 bits per heavy atom. The molecule has 3 aromatic rings. The molecule has 0 amide bonds. The van der Waals surface area contributed by atoms with Crippen LogP contribution in [0, 0.1) is 10.1 Å². The van der Waals surface area contributed by atoms with Crippen LogP contribution in [0.5, 0.6) is 0 Å². The number of aromatic nitrogens is 1. The van der Waals surface area contributed by atoms with Gasteiger partial charge in [0.2, 0.25) is 0 Å². The van der Waals surface area contributed by atoms with Gasteiger partial charge in [0.1, 0.15) is 11.5 Å². The van der Waals surface area contributed by atoms with Crippen molar-refractivity contribution in [2.75, 3.05) is 31.8 Å². The van der Waals surface area contributed by atoms with Gasteiger partial charge in [-0.2, -0.15) is 11.8 Å². The molecule has 0 aliphatic carbocycles. The smallest absolute Gasteiger partial charge is 0.315 e. The Kier molecular flexibility index (Phi) is 7.95. The van der Waals surface area contributed by atoms with Gasteiger partial charge >= 0.3 is 5.69 Å². The van der Waals surface area contributed by atoms with E-state index in [-0.39, 0.29) is 10.6 Å². The molecule has 0 unspecified atom stereocenters. The molecule has 1 aromatic carbocycles. The number of thioether (sulfide) groups is 1. The summed E-state index contributed by atoms with van der Waals surface area (Å²) < 4.78 is 5.79. The first-order valence-electron chi connectivity index (χ1n) is 9.70. The third kappa shape index (κ3) is 6.38. The van der Waals surface area contributed by atoms with Gasteiger partial charge in [0.05, 0.1) is 22.8 Å². The van der Waals surface area contributed by atoms with Gasteiger partial charge in [-0.15, -0.1) is 0 Å². The van der Waals surface area contributed by atoms with Gasteiger partial charge in [-0.25, -0.2) is 5.43 Å². The number of furan rings is 1. The first-order chi connectivity index (χ1) is 14.5. The van der Waals surface area contributed by atoms with Crippen LogP contribution in [0.25, 0.3) is 0 Å². The number of H-pyrrole nitrogens is 1. The summed E-state index contributed by atoms with van der Waals surface area (Å²) in [6.07, 6.45) is 2.19. The third-order valence-corrected chi connectivity index (χ3v) is 5.35. The second-order valence-corrected chi connectivity index (χ2v) is 8.27. The summed E-state index contributed by atoms with van der Waals surface area (Å²) in [5, 5.41) is 11.6. The second kappa shape index (κ2) is 10.9. The molecule has 2 heterocycles. The van der Waals surface area contributed by atoms with Crippen LogP contribution in [0.2, 0.25) is 0 Å². The predicted octanol–water partition coefficient (Wildman–Crippen LogP) is 4.02. The van der Waals surface area contributed by atoms with Crippen molar-refractivity contribution in [3.63, 3.8) is 0 Å². The lowest BCUT2D eigenvalue weighted by atomic mass is 10.1. The fourth-order valence-corrected chi connectivity index (χ4v) is 3.80. The molecule has 8 nitrogen and oxygen atoms in total. The van der Waals surface area contributed by atoms with Gasteiger partial charge in [0.25, 0.3) is 0 Å². The number of nitro groups is 1. The summed E-state index contributed by atoms with van der Waals surface area (Å²) in [7, 11) is 4.02. The van der Waals surface area contributed by atoms with E-state index in [1.165, 1.54) is 0 Å². The van der Waals surface area contributed by atoms with Crippen molar-refractivity contribution in [3.8, 4) is 0 Å². The van der Waals surface area contributed by atoms with Crippen LogP contribution >= 0.6 is 11.8 Å². The number of aromatic amines is 1. The minimum atomic E-state index is -0.351. The minimum absolute atomic E-state index is 0.0722. The van der Waals surface area contributed by atoms with Crippen molar-refractivity contribution in [1.29, 1.82) is 0 Å². The lowest BCUT2D eigenvalue weighted by molar-refractivity contribution is -0.384. The highest BCUT2D eigenvalue weighted by molar-refractivity contribution is 7.98. The van der Waals surface area contributed by atoms with Crippen LogP contribution in [0.4, 0.5) is 11.5 Å². The van der Waals surface area contributed by atoms with Crippen LogP contribution in [-0.2, 0) is 18.7 Å². The predicted molar refractivity (Wildman–Crippen MR) is 121 cm³/mol. The molecule has 3 N–H and O–H groups in total. The number of hydrazine groups is 1. The molecule has 0 radical (unpaired) electrons. The quantitative estimate of drug-likeness (QED) is 0.227. The molecule has 3 rings (SSSR count). The Labute approximate surface area is 180 Å². The molecule has 0 aliphatic rings. The van der Waals surface area contributed by atoms with E-state index in [0.29, 0.717) is 24.3 Å². The zero-order valence-corrected chi connectivity index (χ0v) is 18.0. The van der Waals surface area contributed by atoms with E-state index in [1.807, 2.05) is 56.6 Å². The monoisotopic (exact) mass is 429 g/mol. The summed E-state index contributed by atoms with van der Waals surface area (Å²) in [6.45, 7) is 1.44.